The van der Waals surface area contributed by atoms with Gasteiger partial charge >= 0.3 is 0 Å². The third-order valence-corrected chi connectivity index (χ3v) is 4.76. The Morgan fingerprint density at radius 2 is 2.31 bits per heavy atom. The molecular weight excluding hydrogens is 218 g/mol. The molecule has 1 fully saturated rings. The lowest BCUT2D eigenvalue weighted by molar-refractivity contribution is -0.120. The van der Waals surface area contributed by atoms with E-state index in [1.807, 2.05) is 0 Å². The van der Waals surface area contributed by atoms with Gasteiger partial charge in [-0.2, -0.15) is 0 Å². The minimum Gasteiger partial charge on any atom is -0.350 e. The summed E-state index contributed by atoms with van der Waals surface area (Å²) in [7, 11) is 0. The van der Waals surface area contributed by atoms with Crippen LogP contribution >= 0.6 is 11.3 Å². The molecule has 0 spiro atoms. The predicted molar refractivity (Wildman–Crippen MR) is 67.7 cm³/mol. The summed E-state index contributed by atoms with van der Waals surface area (Å²) in [6.07, 6.45) is 2.64. The van der Waals surface area contributed by atoms with E-state index < -0.39 is 0 Å². The van der Waals surface area contributed by atoms with E-state index in [0.717, 1.165) is 12.8 Å². The highest BCUT2D eigenvalue weighted by Gasteiger charge is 2.40. The molecule has 3 heteroatoms. The van der Waals surface area contributed by atoms with Gasteiger partial charge in [0.15, 0.2) is 0 Å². The first-order chi connectivity index (χ1) is 7.53. The zero-order valence-corrected chi connectivity index (χ0v) is 11.0. The number of hydrogen-bond acceptors (Lipinski definition) is 2. The first-order valence-electron chi connectivity index (χ1n) is 5.87. The topological polar surface area (TPSA) is 29.1 Å². The average Bonchev–Trinajstić information content (AvgIpc) is 2.76. The van der Waals surface area contributed by atoms with Gasteiger partial charge in [-0.1, -0.05) is 13.8 Å². The minimum absolute atomic E-state index is 0.00725. The van der Waals surface area contributed by atoms with Crippen molar-refractivity contribution in [2.75, 3.05) is 0 Å². The summed E-state index contributed by atoms with van der Waals surface area (Å²) in [5, 5.41) is 5.33. The van der Waals surface area contributed by atoms with E-state index in [4.69, 9.17) is 0 Å². The normalized spacial score (nSPS) is 25.1. The molecule has 1 N–H and O–H groups in total. The zero-order chi connectivity index (χ0) is 11.8. The number of hydrogen-bond donors (Lipinski definition) is 1. The molecule has 0 radical (unpaired) electrons. The first-order valence-corrected chi connectivity index (χ1v) is 6.75. The largest absolute Gasteiger partial charge is 0.350 e. The highest BCUT2D eigenvalue weighted by atomic mass is 32.1. The summed E-state index contributed by atoms with van der Waals surface area (Å²) in [6.45, 7) is 6.56. The summed E-state index contributed by atoms with van der Waals surface area (Å²) in [4.78, 5) is 12.9. The van der Waals surface area contributed by atoms with E-state index in [2.05, 4.69) is 37.5 Å². The molecule has 1 aliphatic heterocycles. The molecule has 1 aliphatic rings. The standard InChI is InChI=1S/C13H19NOS/c1-9(2)13(6-4-12(15)14-13)8-11-10(3)5-7-16-11/h5,7,9H,4,6,8H2,1-3H3,(H,14,15). The van der Waals surface area contributed by atoms with Crippen molar-refractivity contribution < 1.29 is 4.79 Å². The van der Waals surface area contributed by atoms with Crippen molar-refractivity contribution in [1.29, 1.82) is 0 Å². The Morgan fingerprint density at radius 3 is 2.75 bits per heavy atom. The number of aryl methyl sites for hydroxylation is 1. The van der Waals surface area contributed by atoms with Crippen molar-refractivity contribution in [3.8, 4) is 0 Å². The second-order valence-electron chi connectivity index (χ2n) is 5.06. The molecule has 0 aliphatic carbocycles. The van der Waals surface area contributed by atoms with Crippen LogP contribution in [-0.4, -0.2) is 11.4 Å². The molecule has 0 saturated carbocycles. The van der Waals surface area contributed by atoms with Crippen LogP contribution in [0.15, 0.2) is 11.4 Å². The molecule has 1 aromatic rings. The Hall–Kier alpha value is -0.830. The van der Waals surface area contributed by atoms with Crippen LogP contribution in [0, 0.1) is 12.8 Å². The van der Waals surface area contributed by atoms with Crippen LogP contribution in [0.4, 0.5) is 0 Å². The number of nitrogens with one attached hydrogen (secondary N) is 1. The maximum Gasteiger partial charge on any atom is 0.220 e. The van der Waals surface area contributed by atoms with E-state index in [1.165, 1.54) is 10.4 Å². The van der Waals surface area contributed by atoms with Gasteiger partial charge in [0.1, 0.15) is 0 Å². The lowest BCUT2D eigenvalue weighted by Gasteiger charge is -2.33. The van der Waals surface area contributed by atoms with Crippen LogP contribution in [-0.2, 0) is 11.2 Å². The molecule has 1 aromatic heterocycles. The lowest BCUT2D eigenvalue weighted by Crippen LogP contribution is -2.48. The minimum atomic E-state index is -0.00725. The molecule has 1 saturated heterocycles. The van der Waals surface area contributed by atoms with Crippen molar-refractivity contribution in [3.63, 3.8) is 0 Å². The fourth-order valence-corrected chi connectivity index (χ4v) is 3.41. The van der Waals surface area contributed by atoms with Crippen LogP contribution in [0.2, 0.25) is 0 Å². The van der Waals surface area contributed by atoms with Gasteiger partial charge in [-0.15, -0.1) is 11.3 Å². The second-order valence-corrected chi connectivity index (χ2v) is 6.06. The Labute approximate surface area is 101 Å². The molecule has 1 unspecified atom stereocenters. The average molecular weight is 237 g/mol. The van der Waals surface area contributed by atoms with Crippen molar-refractivity contribution >= 4 is 17.2 Å². The first kappa shape index (κ1) is 11.6. The number of rotatable bonds is 3. The number of carbonyl (C=O) groups is 1. The van der Waals surface area contributed by atoms with Gasteiger partial charge in [0.25, 0.3) is 0 Å². The van der Waals surface area contributed by atoms with Gasteiger partial charge in [0.2, 0.25) is 5.91 Å². The van der Waals surface area contributed by atoms with E-state index in [1.54, 1.807) is 11.3 Å². The van der Waals surface area contributed by atoms with Gasteiger partial charge in [0, 0.05) is 23.3 Å². The Kier molecular flexibility index (Phi) is 3.06. The molecule has 16 heavy (non-hydrogen) atoms. The third kappa shape index (κ3) is 2.01. The number of carbonyl (C=O) groups excluding carboxylic acids is 1. The van der Waals surface area contributed by atoms with Crippen molar-refractivity contribution in [3.05, 3.63) is 21.9 Å². The van der Waals surface area contributed by atoms with Crippen molar-refractivity contribution in [1.82, 2.24) is 5.32 Å². The second kappa shape index (κ2) is 4.21. The van der Waals surface area contributed by atoms with Gasteiger partial charge in [-0.3, -0.25) is 4.79 Å². The zero-order valence-electron chi connectivity index (χ0n) is 10.2. The van der Waals surface area contributed by atoms with Crippen LogP contribution in [0.5, 0.6) is 0 Å². The molecule has 1 atom stereocenters. The summed E-state index contributed by atoms with van der Waals surface area (Å²) < 4.78 is 0. The van der Waals surface area contributed by atoms with Crippen LogP contribution in [0.1, 0.15) is 37.1 Å². The van der Waals surface area contributed by atoms with E-state index in [0.29, 0.717) is 12.3 Å². The molecule has 1 amide bonds. The lowest BCUT2D eigenvalue weighted by atomic mass is 9.81. The molecule has 2 rings (SSSR count). The Bertz CT molecular complexity index is 396. The Morgan fingerprint density at radius 1 is 1.56 bits per heavy atom. The fourth-order valence-electron chi connectivity index (χ4n) is 2.38. The summed E-state index contributed by atoms with van der Waals surface area (Å²) >= 11 is 1.80. The maximum atomic E-state index is 11.5. The number of amides is 1. The van der Waals surface area contributed by atoms with E-state index in [9.17, 15) is 4.79 Å². The molecule has 2 heterocycles. The van der Waals surface area contributed by atoms with Crippen molar-refractivity contribution in [2.24, 2.45) is 5.92 Å². The van der Waals surface area contributed by atoms with Crippen LogP contribution in [0.25, 0.3) is 0 Å². The van der Waals surface area contributed by atoms with Crippen LogP contribution in [0.3, 0.4) is 0 Å². The quantitative estimate of drug-likeness (QED) is 0.860. The summed E-state index contributed by atoms with van der Waals surface area (Å²) in [5.41, 5.74) is 1.35. The molecule has 88 valence electrons. The molecular formula is C13H19NOS. The number of thiophene rings is 1. The van der Waals surface area contributed by atoms with Gasteiger partial charge in [-0.25, -0.2) is 0 Å². The van der Waals surface area contributed by atoms with E-state index >= 15 is 0 Å². The van der Waals surface area contributed by atoms with Crippen molar-refractivity contribution in [2.45, 2.75) is 45.6 Å². The van der Waals surface area contributed by atoms with Gasteiger partial charge in [0.05, 0.1) is 0 Å². The van der Waals surface area contributed by atoms with Gasteiger partial charge in [-0.05, 0) is 36.3 Å². The SMILES string of the molecule is Cc1ccsc1CC1(C(C)C)CCC(=O)N1. The highest BCUT2D eigenvalue weighted by molar-refractivity contribution is 7.10. The summed E-state index contributed by atoms with van der Waals surface area (Å²) in [6, 6.07) is 2.16. The maximum absolute atomic E-state index is 11.5. The van der Waals surface area contributed by atoms with Crippen LogP contribution < -0.4 is 5.32 Å². The third-order valence-electron chi connectivity index (χ3n) is 3.74. The fraction of sp³-hybridized carbons (Fsp3) is 0.615. The van der Waals surface area contributed by atoms with E-state index in [-0.39, 0.29) is 11.4 Å². The molecule has 0 aromatic carbocycles. The molecule has 2 nitrogen and oxygen atoms in total. The van der Waals surface area contributed by atoms with Gasteiger partial charge < -0.3 is 5.32 Å². The highest BCUT2D eigenvalue weighted by Crippen LogP contribution is 2.34. The summed E-state index contributed by atoms with van der Waals surface area (Å²) in [5.74, 6) is 0.698. The predicted octanol–water partition coefficient (Wildman–Crippen LogP) is 2.90. The monoisotopic (exact) mass is 237 g/mol. The smallest absolute Gasteiger partial charge is 0.220 e. The Balaban J connectivity index is 2.22. The molecule has 0 bridgehead atoms.